The number of benzene rings is 4. The molecule has 1 unspecified atom stereocenters. The summed E-state index contributed by atoms with van der Waals surface area (Å²) in [6.45, 7) is 7.60. The van der Waals surface area contributed by atoms with E-state index in [1.165, 1.54) is 23.9 Å². The van der Waals surface area contributed by atoms with Crippen LogP contribution < -0.4 is 14.5 Å². The molecule has 11 heteroatoms. The summed E-state index contributed by atoms with van der Waals surface area (Å²) < 4.78 is 52.2. The number of para-hydroxylation sites is 1. The second-order valence-corrected chi connectivity index (χ2v) is 13.5. The van der Waals surface area contributed by atoms with E-state index in [1.807, 2.05) is 67.5 Å². The van der Waals surface area contributed by atoms with Gasteiger partial charge in [-0.2, -0.15) is 13.2 Å². The van der Waals surface area contributed by atoms with Gasteiger partial charge >= 0.3 is 12.1 Å². The van der Waals surface area contributed by atoms with E-state index in [4.69, 9.17) is 9.47 Å². The first-order valence-electron chi connectivity index (χ1n) is 16.3. The molecule has 0 radical (unpaired) electrons. The van der Waals surface area contributed by atoms with Gasteiger partial charge in [0.2, 0.25) is 0 Å². The SMILES string of the molecule is CC(Oc1ccc2cccc(N(C)C)c2c1)C(=O)OCCN1CCN(CCCN2c3ccccc3Sc3ccc(C(F)(F)F)cc32)CC1. The fraction of sp³-hybridized carbons (Fsp3) is 0.378. The summed E-state index contributed by atoms with van der Waals surface area (Å²) in [7, 11) is 4.00. The molecule has 0 aromatic heterocycles. The van der Waals surface area contributed by atoms with Crippen LogP contribution in [-0.4, -0.2) is 88.4 Å². The van der Waals surface area contributed by atoms with Crippen LogP contribution in [0.15, 0.2) is 88.7 Å². The standard InChI is InChI=1S/C37H41F3N4O3S/c1-26(47-29-14-12-27-8-6-10-31(41(2)3)30(27)25-29)36(45)46-23-22-43-20-18-42(19-21-43)16-7-17-44-32-9-4-5-11-34(32)48-35-15-13-28(24-33(35)44)37(38,39)40/h4-6,8-15,24-26H,7,16-23H2,1-3H3. The first-order chi connectivity index (χ1) is 23.1. The number of carbonyl (C=O) groups excluding carboxylic acids is 1. The van der Waals surface area contributed by atoms with E-state index in [9.17, 15) is 18.0 Å². The maximum atomic E-state index is 13.5. The Bertz CT molecular complexity index is 1740. The molecule has 4 aromatic carbocycles. The third-order valence-electron chi connectivity index (χ3n) is 8.88. The third-order valence-corrected chi connectivity index (χ3v) is 10.0. The van der Waals surface area contributed by atoms with Gasteiger partial charge in [0.15, 0.2) is 6.10 Å². The second kappa shape index (κ2) is 14.7. The van der Waals surface area contributed by atoms with Crippen LogP contribution in [0.2, 0.25) is 0 Å². The van der Waals surface area contributed by atoms with E-state index in [0.717, 1.165) is 71.1 Å². The van der Waals surface area contributed by atoms with Gasteiger partial charge in [0.05, 0.1) is 16.9 Å². The number of halogens is 3. The summed E-state index contributed by atoms with van der Waals surface area (Å²) in [6.07, 6.45) is -4.30. The summed E-state index contributed by atoms with van der Waals surface area (Å²) in [5.74, 6) is 0.229. The molecule has 0 aliphatic carbocycles. The predicted molar refractivity (Wildman–Crippen MR) is 186 cm³/mol. The summed E-state index contributed by atoms with van der Waals surface area (Å²) in [5, 5.41) is 2.16. The average molecular weight is 679 g/mol. The number of carbonyl (C=O) groups is 1. The zero-order valence-electron chi connectivity index (χ0n) is 27.5. The van der Waals surface area contributed by atoms with Gasteiger partial charge in [-0.1, -0.05) is 42.1 Å². The Morgan fingerprint density at radius 1 is 0.854 bits per heavy atom. The lowest BCUT2D eigenvalue weighted by Crippen LogP contribution is -2.48. The van der Waals surface area contributed by atoms with Crippen LogP contribution in [0.5, 0.6) is 5.75 Å². The van der Waals surface area contributed by atoms with Gasteiger partial charge in [0, 0.05) is 74.2 Å². The summed E-state index contributed by atoms with van der Waals surface area (Å²) in [4.78, 5) is 23.4. The molecule has 254 valence electrons. The number of ether oxygens (including phenoxy) is 2. The monoisotopic (exact) mass is 678 g/mol. The molecule has 2 aliphatic rings. The topological polar surface area (TPSA) is 48.5 Å². The molecule has 6 rings (SSSR count). The highest BCUT2D eigenvalue weighted by Gasteiger charge is 2.33. The molecular formula is C37H41F3N4O3S. The summed E-state index contributed by atoms with van der Waals surface area (Å²) >= 11 is 1.51. The maximum Gasteiger partial charge on any atom is 0.416 e. The van der Waals surface area contributed by atoms with Gasteiger partial charge in [0.25, 0.3) is 0 Å². The highest BCUT2D eigenvalue weighted by Crippen LogP contribution is 2.49. The normalized spacial score (nSPS) is 15.9. The predicted octanol–water partition coefficient (Wildman–Crippen LogP) is 7.55. The minimum absolute atomic E-state index is 0.292. The largest absolute Gasteiger partial charge is 0.479 e. The second-order valence-electron chi connectivity index (χ2n) is 12.4. The van der Waals surface area contributed by atoms with Crippen molar-refractivity contribution in [2.45, 2.75) is 35.4 Å². The molecule has 48 heavy (non-hydrogen) atoms. The Morgan fingerprint density at radius 3 is 2.33 bits per heavy atom. The molecule has 0 bridgehead atoms. The van der Waals surface area contributed by atoms with E-state index in [-0.39, 0.29) is 0 Å². The third kappa shape index (κ3) is 7.85. The fourth-order valence-corrected chi connectivity index (χ4v) is 7.36. The van der Waals surface area contributed by atoms with Crippen molar-refractivity contribution >= 4 is 45.6 Å². The molecule has 7 nitrogen and oxygen atoms in total. The Morgan fingerprint density at radius 2 is 1.58 bits per heavy atom. The number of hydrogen-bond donors (Lipinski definition) is 0. The van der Waals surface area contributed by atoms with E-state index < -0.39 is 23.8 Å². The lowest BCUT2D eigenvalue weighted by Gasteiger charge is -2.36. The molecule has 2 heterocycles. The molecular weight excluding hydrogens is 637 g/mol. The van der Waals surface area contributed by atoms with E-state index in [2.05, 4.69) is 26.8 Å². The van der Waals surface area contributed by atoms with Crippen molar-refractivity contribution in [1.82, 2.24) is 9.80 Å². The number of nitrogens with zero attached hydrogens (tertiary/aromatic N) is 4. The first-order valence-corrected chi connectivity index (χ1v) is 17.1. The van der Waals surface area contributed by atoms with Crippen molar-refractivity contribution in [3.8, 4) is 5.75 Å². The van der Waals surface area contributed by atoms with Crippen LogP contribution in [-0.2, 0) is 15.7 Å². The van der Waals surface area contributed by atoms with Gasteiger partial charge in [-0.25, -0.2) is 4.79 Å². The van der Waals surface area contributed by atoms with Gasteiger partial charge in [0.1, 0.15) is 12.4 Å². The van der Waals surface area contributed by atoms with E-state index in [1.54, 1.807) is 13.0 Å². The van der Waals surface area contributed by atoms with Gasteiger partial charge < -0.3 is 24.2 Å². The van der Waals surface area contributed by atoms with E-state index in [0.29, 0.717) is 31.1 Å². The minimum atomic E-state index is -4.39. The number of anilines is 3. The van der Waals surface area contributed by atoms with Crippen molar-refractivity contribution < 1.29 is 27.4 Å². The Labute approximate surface area is 284 Å². The number of esters is 1. The van der Waals surface area contributed by atoms with Crippen LogP contribution in [0.4, 0.5) is 30.2 Å². The highest BCUT2D eigenvalue weighted by molar-refractivity contribution is 7.99. The molecule has 0 N–H and O–H groups in total. The average Bonchev–Trinajstić information content (AvgIpc) is 3.07. The van der Waals surface area contributed by atoms with Crippen LogP contribution in [0.3, 0.4) is 0 Å². The van der Waals surface area contributed by atoms with Crippen molar-refractivity contribution in [3.63, 3.8) is 0 Å². The molecule has 0 amide bonds. The summed E-state index contributed by atoms with van der Waals surface area (Å²) in [6, 6.07) is 23.9. The van der Waals surface area contributed by atoms with Gasteiger partial charge in [-0.15, -0.1) is 0 Å². The van der Waals surface area contributed by atoms with Crippen molar-refractivity contribution in [2.24, 2.45) is 0 Å². The van der Waals surface area contributed by atoms with Crippen molar-refractivity contribution in [1.29, 1.82) is 0 Å². The fourth-order valence-electron chi connectivity index (χ4n) is 6.28. The first kappa shape index (κ1) is 34.0. The zero-order valence-corrected chi connectivity index (χ0v) is 28.3. The highest BCUT2D eigenvalue weighted by atomic mass is 32.2. The van der Waals surface area contributed by atoms with Crippen molar-refractivity contribution in [3.05, 3.63) is 84.4 Å². The molecule has 0 saturated carbocycles. The summed E-state index contributed by atoms with van der Waals surface area (Å²) in [5.41, 5.74) is 2.01. The minimum Gasteiger partial charge on any atom is -0.479 e. The number of fused-ring (bicyclic) bond motifs is 3. The molecule has 1 saturated heterocycles. The van der Waals surface area contributed by atoms with Gasteiger partial charge in [-0.3, -0.25) is 4.90 Å². The lowest BCUT2D eigenvalue weighted by atomic mass is 10.1. The van der Waals surface area contributed by atoms with Crippen LogP contribution in [0.1, 0.15) is 18.9 Å². The number of piperazine rings is 1. The molecule has 1 fully saturated rings. The Balaban J connectivity index is 0.944. The maximum absolute atomic E-state index is 13.5. The zero-order chi connectivity index (χ0) is 33.8. The quantitative estimate of drug-likeness (QED) is 0.151. The Kier molecular flexibility index (Phi) is 10.4. The van der Waals surface area contributed by atoms with E-state index >= 15 is 0 Å². The Hall–Kier alpha value is -3.93. The molecule has 4 aromatic rings. The van der Waals surface area contributed by atoms with Crippen LogP contribution in [0.25, 0.3) is 10.8 Å². The number of rotatable bonds is 11. The number of hydrogen-bond acceptors (Lipinski definition) is 8. The van der Waals surface area contributed by atoms with Crippen LogP contribution in [0, 0.1) is 0 Å². The molecule has 2 aliphatic heterocycles. The molecule has 0 spiro atoms. The number of alkyl halides is 3. The lowest BCUT2D eigenvalue weighted by molar-refractivity contribution is -0.151. The van der Waals surface area contributed by atoms with Crippen LogP contribution >= 0.6 is 11.8 Å². The smallest absolute Gasteiger partial charge is 0.416 e. The van der Waals surface area contributed by atoms with Crippen molar-refractivity contribution in [2.75, 3.05) is 76.3 Å². The molecule has 1 atom stereocenters. The van der Waals surface area contributed by atoms with Gasteiger partial charge in [-0.05, 0) is 73.8 Å².